The monoisotopic (exact) mass is 360 g/mol. The van der Waals surface area contributed by atoms with Crippen LogP contribution in [0.4, 0.5) is 0 Å². The fraction of sp³-hybridized carbons (Fsp3) is 0.550. The van der Waals surface area contributed by atoms with E-state index in [0.717, 1.165) is 0 Å². The van der Waals surface area contributed by atoms with Gasteiger partial charge in [-0.25, -0.2) is 9.59 Å². The molecule has 2 aliphatic carbocycles. The number of aliphatic hydroxyl groups excluding tert-OH is 1. The van der Waals surface area contributed by atoms with Gasteiger partial charge in [0.15, 0.2) is 5.78 Å². The van der Waals surface area contributed by atoms with Crippen LogP contribution in [-0.2, 0) is 23.9 Å². The first kappa shape index (κ1) is 18.6. The van der Waals surface area contributed by atoms with E-state index in [1.54, 1.807) is 32.9 Å². The van der Waals surface area contributed by atoms with Crippen molar-refractivity contribution < 1.29 is 29.0 Å². The van der Waals surface area contributed by atoms with Gasteiger partial charge in [-0.05, 0) is 38.7 Å². The van der Waals surface area contributed by atoms with Crippen molar-refractivity contribution >= 4 is 17.7 Å². The van der Waals surface area contributed by atoms with E-state index in [-0.39, 0.29) is 23.2 Å². The maximum absolute atomic E-state index is 12.8. The van der Waals surface area contributed by atoms with E-state index in [0.29, 0.717) is 5.57 Å². The number of carbonyl (C=O) groups is 3. The highest BCUT2D eigenvalue weighted by atomic mass is 16.6. The predicted octanol–water partition coefficient (Wildman–Crippen LogP) is 1.73. The van der Waals surface area contributed by atoms with Crippen molar-refractivity contribution in [3.8, 4) is 0 Å². The van der Waals surface area contributed by atoms with Gasteiger partial charge in [0.05, 0.1) is 17.4 Å². The van der Waals surface area contributed by atoms with Crippen LogP contribution in [-0.4, -0.2) is 41.1 Å². The molecule has 0 bridgehead atoms. The highest BCUT2D eigenvalue weighted by molar-refractivity contribution is 5.99. The number of fused-ring (bicyclic) bond motifs is 2. The van der Waals surface area contributed by atoms with Gasteiger partial charge in [-0.15, -0.1) is 0 Å². The average Bonchev–Trinajstić information content (AvgIpc) is 3.06. The zero-order valence-electron chi connectivity index (χ0n) is 15.4. The fourth-order valence-corrected chi connectivity index (χ4v) is 4.44. The second kappa shape index (κ2) is 6.20. The second-order valence-electron chi connectivity index (χ2n) is 7.60. The third-order valence-corrected chi connectivity index (χ3v) is 6.29. The minimum atomic E-state index is -1.10. The molecule has 0 aromatic carbocycles. The summed E-state index contributed by atoms with van der Waals surface area (Å²) in [5.41, 5.74) is -0.576. The summed E-state index contributed by atoms with van der Waals surface area (Å²) >= 11 is 0. The van der Waals surface area contributed by atoms with Gasteiger partial charge in [-0.1, -0.05) is 25.7 Å². The van der Waals surface area contributed by atoms with Crippen LogP contribution in [0.25, 0.3) is 0 Å². The van der Waals surface area contributed by atoms with Crippen LogP contribution in [0.5, 0.6) is 0 Å². The molecule has 140 valence electrons. The molecule has 3 rings (SSSR count). The zero-order chi connectivity index (χ0) is 19.4. The number of carbonyl (C=O) groups excluding carboxylic acids is 3. The number of ether oxygens (including phenoxy) is 2. The summed E-state index contributed by atoms with van der Waals surface area (Å²) in [6.45, 7) is 10.7. The number of rotatable bonds is 2. The molecule has 1 N–H and O–H groups in total. The van der Waals surface area contributed by atoms with Crippen molar-refractivity contribution in [2.24, 2.45) is 23.2 Å². The molecule has 2 fully saturated rings. The first-order valence-electron chi connectivity index (χ1n) is 8.79. The van der Waals surface area contributed by atoms with Gasteiger partial charge in [-0.3, -0.25) is 4.79 Å². The molecule has 6 heteroatoms. The van der Waals surface area contributed by atoms with Crippen molar-refractivity contribution in [1.29, 1.82) is 0 Å². The lowest BCUT2D eigenvalue weighted by Crippen LogP contribution is -2.49. The van der Waals surface area contributed by atoms with Gasteiger partial charge < -0.3 is 14.6 Å². The lowest BCUT2D eigenvalue weighted by Gasteiger charge is -2.39. The van der Waals surface area contributed by atoms with Gasteiger partial charge >= 0.3 is 11.9 Å². The van der Waals surface area contributed by atoms with Crippen molar-refractivity contribution in [3.05, 3.63) is 36.0 Å². The molecule has 6 nitrogen and oxygen atoms in total. The quantitative estimate of drug-likeness (QED) is 0.596. The Labute approximate surface area is 152 Å². The molecule has 0 aromatic heterocycles. The summed E-state index contributed by atoms with van der Waals surface area (Å²) in [6, 6.07) is 0. The van der Waals surface area contributed by atoms with E-state index in [1.165, 1.54) is 6.08 Å². The molecule has 0 spiro atoms. The smallest absolute Gasteiger partial charge is 0.334 e. The Hall–Kier alpha value is -2.21. The number of hydrogen-bond donors (Lipinski definition) is 1. The lowest BCUT2D eigenvalue weighted by molar-refractivity contribution is -0.161. The number of aliphatic hydroxyl groups is 1. The Morgan fingerprint density at radius 2 is 2.08 bits per heavy atom. The maximum Gasteiger partial charge on any atom is 0.334 e. The summed E-state index contributed by atoms with van der Waals surface area (Å²) in [7, 11) is 0. The molecule has 1 heterocycles. The third kappa shape index (κ3) is 2.39. The van der Waals surface area contributed by atoms with Crippen molar-refractivity contribution in [2.75, 3.05) is 0 Å². The lowest BCUT2D eigenvalue weighted by atomic mass is 9.67. The molecule has 0 amide bonds. The summed E-state index contributed by atoms with van der Waals surface area (Å²) < 4.78 is 11.1. The molecular weight excluding hydrogens is 336 g/mol. The summed E-state index contributed by atoms with van der Waals surface area (Å²) in [5.74, 6) is -2.86. The zero-order valence-corrected chi connectivity index (χ0v) is 15.4. The molecule has 1 saturated carbocycles. The number of esters is 2. The van der Waals surface area contributed by atoms with Gasteiger partial charge in [0.2, 0.25) is 0 Å². The minimum absolute atomic E-state index is 0.124. The van der Waals surface area contributed by atoms with E-state index in [1.807, 2.05) is 6.92 Å². The van der Waals surface area contributed by atoms with Crippen molar-refractivity contribution in [3.63, 3.8) is 0 Å². The van der Waals surface area contributed by atoms with Crippen LogP contribution in [0.3, 0.4) is 0 Å². The standard InChI is InChI=1S/C20H24O6/c1-6-9(2)18(23)26-17-14-11(4)19(24)25-16(14)15(22)10(3)12-7-8-13(21)20(12,17)5/h6-8,10,12,14-17,22H,4H2,1-3,5H3/b9-6+/t10-,12-,14+,15+,16-,17-,20-/m1/s1. The van der Waals surface area contributed by atoms with Crippen LogP contribution < -0.4 is 0 Å². The molecule has 1 aliphatic heterocycles. The van der Waals surface area contributed by atoms with Gasteiger partial charge in [-0.2, -0.15) is 0 Å². The van der Waals surface area contributed by atoms with Crippen molar-refractivity contribution in [1.82, 2.24) is 0 Å². The average molecular weight is 360 g/mol. The largest absolute Gasteiger partial charge is 0.457 e. The Morgan fingerprint density at radius 1 is 1.42 bits per heavy atom. The molecule has 3 aliphatic rings. The Morgan fingerprint density at radius 3 is 2.69 bits per heavy atom. The molecule has 26 heavy (non-hydrogen) atoms. The van der Waals surface area contributed by atoms with E-state index in [4.69, 9.17) is 9.47 Å². The van der Waals surface area contributed by atoms with Crippen LogP contribution >= 0.6 is 0 Å². The Bertz CT molecular complexity index is 747. The third-order valence-electron chi connectivity index (χ3n) is 6.29. The molecule has 0 aromatic rings. The van der Waals surface area contributed by atoms with Crippen molar-refractivity contribution in [2.45, 2.75) is 46.0 Å². The van der Waals surface area contributed by atoms with Crippen LogP contribution in [0.1, 0.15) is 27.7 Å². The van der Waals surface area contributed by atoms with Crippen LogP contribution in [0, 0.1) is 23.2 Å². The number of allylic oxidation sites excluding steroid dienone is 3. The highest BCUT2D eigenvalue weighted by Crippen LogP contribution is 2.54. The second-order valence-corrected chi connectivity index (χ2v) is 7.60. The normalized spacial score (nSPS) is 42.2. The Kier molecular flexibility index (Phi) is 4.43. The Balaban J connectivity index is 2.14. The summed E-state index contributed by atoms with van der Waals surface area (Å²) in [5, 5.41) is 10.8. The fourth-order valence-electron chi connectivity index (χ4n) is 4.44. The number of hydrogen-bond acceptors (Lipinski definition) is 6. The molecular formula is C20H24O6. The van der Waals surface area contributed by atoms with Gasteiger partial charge in [0.25, 0.3) is 0 Å². The molecule has 0 unspecified atom stereocenters. The first-order valence-corrected chi connectivity index (χ1v) is 8.79. The van der Waals surface area contributed by atoms with Gasteiger partial charge in [0.1, 0.15) is 12.2 Å². The van der Waals surface area contributed by atoms with Gasteiger partial charge in [0, 0.05) is 11.1 Å². The van der Waals surface area contributed by atoms with Crippen LogP contribution in [0.2, 0.25) is 0 Å². The highest BCUT2D eigenvalue weighted by Gasteiger charge is 2.64. The number of ketones is 1. The minimum Gasteiger partial charge on any atom is -0.457 e. The summed E-state index contributed by atoms with van der Waals surface area (Å²) in [6.07, 6.45) is 2.00. The van der Waals surface area contributed by atoms with E-state index in [2.05, 4.69) is 6.58 Å². The van der Waals surface area contributed by atoms with E-state index < -0.39 is 41.6 Å². The van der Waals surface area contributed by atoms with E-state index in [9.17, 15) is 19.5 Å². The predicted molar refractivity (Wildman–Crippen MR) is 92.7 cm³/mol. The SMILES string of the molecule is C=C1C(=O)O[C@H]2[C@@H](O)[C@H](C)[C@H]3C=CC(=O)[C@]3(C)[C@H](OC(=O)/C(C)=C/C)[C@@H]12. The summed E-state index contributed by atoms with van der Waals surface area (Å²) in [4.78, 5) is 37.4. The molecule has 0 radical (unpaired) electrons. The maximum atomic E-state index is 12.8. The molecule has 1 saturated heterocycles. The molecule has 7 atom stereocenters. The topological polar surface area (TPSA) is 89.9 Å². The van der Waals surface area contributed by atoms with E-state index >= 15 is 0 Å². The first-order chi connectivity index (χ1) is 12.1. The van der Waals surface area contributed by atoms with Crippen LogP contribution in [0.15, 0.2) is 36.0 Å².